The van der Waals surface area contributed by atoms with Crippen LogP contribution >= 0.6 is 15.9 Å². The van der Waals surface area contributed by atoms with Crippen LogP contribution in [0.15, 0.2) is 40.9 Å². The average Bonchev–Trinajstić information content (AvgIpc) is 2.86. The number of aromatic nitrogens is 2. The minimum absolute atomic E-state index is 0.320. The van der Waals surface area contributed by atoms with E-state index in [0.29, 0.717) is 36.2 Å². The highest BCUT2D eigenvalue weighted by Crippen LogP contribution is 2.39. The van der Waals surface area contributed by atoms with Gasteiger partial charge in [0.2, 0.25) is 0 Å². The van der Waals surface area contributed by atoms with E-state index in [1.54, 1.807) is 12.1 Å². The Bertz CT molecular complexity index is 970. The molecule has 0 bridgehead atoms. The first kappa shape index (κ1) is 15.2. The molecule has 0 atom stereocenters. The number of aryl methyl sites for hydroxylation is 1. The fourth-order valence-electron chi connectivity index (χ4n) is 2.83. The summed E-state index contributed by atoms with van der Waals surface area (Å²) in [6.45, 7) is 1.40. The van der Waals surface area contributed by atoms with E-state index >= 15 is 0 Å². The molecule has 2 heterocycles. The topological polar surface area (TPSA) is 60.1 Å². The van der Waals surface area contributed by atoms with Crippen LogP contribution in [0.4, 0.5) is 0 Å². The molecular weight excluding hydrogens is 370 g/mol. The van der Waals surface area contributed by atoms with Gasteiger partial charge in [-0.3, -0.25) is 0 Å². The Morgan fingerprint density at radius 2 is 2.08 bits per heavy atom. The Balaban J connectivity index is 1.85. The SMILES string of the molecule is Cn1c(C2COC2)nc2c(Oc3ccccc3C#N)c(Br)ccc21. The van der Waals surface area contributed by atoms with Crippen LogP contribution in [0.1, 0.15) is 17.3 Å². The van der Waals surface area contributed by atoms with Crippen LogP contribution in [0.5, 0.6) is 11.5 Å². The molecular formula is C18H14BrN3O2. The fourth-order valence-corrected chi connectivity index (χ4v) is 3.23. The number of fused-ring (bicyclic) bond motifs is 1. The largest absolute Gasteiger partial charge is 0.452 e. The molecule has 1 fully saturated rings. The molecule has 2 aromatic carbocycles. The van der Waals surface area contributed by atoms with E-state index in [1.165, 1.54) is 0 Å². The Morgan fingerprint density at radius 1 is 1.29 bits per heavy atom. The molecule has 5 nitrogen and oxygen atoms in total. The quantitative estimate of drug-likeness (QED) is 0.682. The van der Waals surface area contributed by atoms with Crippen molar-refractivity contribution >= 4 is 27.0 Å². The van der Waals surface area contributed by atoms with Crippen LogP contribution in [0.2, 0.25) is 0 Å². The van der Waals surface area contributed by atoms with E-state index in [1.807, 2.05) is 31.3 Å². The molecule has 0 radical (unpaired) electrons. The molecule has 4 rings (SSSR count). The minimum atomic E-state index is 0.320. The van der Waals surface area contributed by atoms with Gasteiger partial charge in [0.15, 0.2) is 5.75 Å². The first-order valence-electron chi connectivity index (χ1n) is 7.58. The lowest BCUT2D eigenvalue weighted by Crippen LogP contribution is -2.27. The summed E-state index contributed by atoms with van der Waals surface area (Å²) in [5, 5.41) is 9.26. The van der Waals surface area contributed by atoms with Gasteiger partial charge in [-0.05, 0) is 40.2 Å². The molecule has 0 unspecified atom stereocenters. The molecule has 1 aliphatic heterocycles. The molecule has 0 N–H and O–H groups in total. The number of nitriles is 1. The second kappa shape index (κ2) is 5.93. The fraction of sp³-hybridized carbons (Fsp3) is 0.222. The van der Waals surface area contributed by atoms with Crippen molar-refractivity contribution in [3.63, 3.8) is 0 Å². The molecule has 0 spiro atoms. The third-order valence-corrected chi connectivity index (χ3v) is 4.84. The number of benzene rings is 2. The van der Waals surface area contributed by atoms with E-state index in [-0.39, 0.29) is 0 Å². The van der Waals surface area contributed by atoms with Crippen molar-refractivity contribution in [2.45, 2.75) is 5.92 Å². The highest BCUT2D eigenvalue weighted by molar-refractivity contribution is 9.10. The van der Waals surface area contributed by atoms with Gasteiger partial charge in [0, 0.05) is 7.05 Å². The summed E-state index contributed by atoms with van der Waals surface area (Å²) in [5.41, 5.74) is 2.26. The first-order chi connectivity index (χ1) is 11.7. The number of rotatable bonds is 3. The Hall–Kier alpha value is -2.36. The van der Waals surface area contributed by atoms with Gasteiger partial charge in [-0.15, -0.1) is 0 Å². The highest BCUT2D eigenvalue weighted by Gasteiger charge is 2.27. The van der Waals surface area contributed by atoms with E-state index in [9.17, 15) is 5.26 Å². The third kappa shape index (κ3) is 2.37. The second-order valence-electron chi connectivity index (χ2n) is 5.72. The minimum Gasteiger partial charge on any atom is -0.452 e. The summed E-state index contributed by atoms with van der Waals surface area (Å²) in [4.78, 5) is 4.79. The van der Waals surface area contributed by atoms with Crippen molar-refractivity contribution in [2.75, 3.05) is 13.2 Å². The predicted octanol–water partition coefficient (Wildman–Crippen LogP) is 4.11. The number of halogens is 1. The van der Waals surface area contributed by atoms with Crippen LogP contribution in [-0.4, -0.2) is 22.8 Å². The molecule has 6 heteroatoms. The normalized spacial score (nSPS) is 14.4. The standard InChI is InChI=1S/C18H14BrN3O2/c1-22-14-7-6-13(19)17(16(14)21-18(22)12-9-23-10-12)24-15-5-3-2-4-11(15)8-20/h2-7,12H,9-10H2,1H3. The third-order valence-electron chi connectivity index (χ3n) is 4.22. The number of hydrogen-bond donors (Lipinski definition) is 0. The van der Waals surface area contributed by atoms with Crippen molar-refractivity contribution in [2.24, 2.45) is 7.05 Å². The highest BCUT2D eigenvalue weighted by atomic mass is 79.9. The lowest BCUT2D eigenvalue weighted by atomic mass is 10.1. The van der Waals surface area contributed by atoms with Gasteiger partial charge in [-0.25, -0.2) is 4.98 Å². The molecule has 0 aliphatic carbocycles. The van der Waals surface area contributed by atoms with E-state index < -0.39 is 0 Å². The first-order valence-corrected chi connectivity index (χ1v) is 8.38. The summed E-state index contributed by atoms with van der Waals surface area (Å²) >= 11 is 3.54. The second-order valence-corrected chi connectivity index (χ2v) is 6.57. The van der Waals surface area contributed by atoms with Gasteiger partial charge < -0.3 is 14.0 Å². The van der Waals surface area contributed by atoms with Crippen LogP contribution in [0.3, 0.4) is 0 Å². The lowest BCUT2D eigenvalue weighted by molar-refractivity contribution is 0.00400. The Labute approximate surface area is 147 Å². The van der Waals surface area contributed by atoms with Crippen molar-refractivity contribution in [3.8, 4) is 17.6 Å². The molecule has 1 saturated heterocycles. The van der Waals surface area contributed by atoms with Crippen molar-refractivity contribution in [1.29, 1.82) is 5.26 Å². The maximum absolute atomic E-state index is 9.26. The molecule has 120 valence electrons. The van der Waals surface area contributed by atoms with Crippen molar-refractivity contribution in [1.82, 2.24) is 9.55 Å². The van der Waals surface area contributed by atoms with Gasteiger partial charge >= 0.3 is 0 Å². The summed E-state index contributed by atoms with van der Waals surface area (Å²) in [5.74, 6) is 2.46. The lowest BCUT2D eigenvalue weighted by Gasteiger charge is -2.25. The molecule has 0 amide bonds. The van der Waals surface area contributed by atoms with E-state index in [4.69, 9.17) is 14.5 Å². The smallest absolute Gasteiger partial charge is 0.169 e. The van der Waals surface area contributed by atoms with Gasteiger partial charge in [0.25, 0.3) is 0 Å². The molecule has 0 saturated carbocycles. The zero-order valence-corrected chi connectivity index (χ0v) is 14.6. The van der Waals surface area contributed by atoms with Crippen molar-refractivity contribution in [3.05, 3.63) is 52.3 Å². The number of hydrogen-bond acceptors (Lipinski definition) is 4. The van der Waals surface area contributed by atoms with Crippen LogP contribution in [0, 0.1) is 11.3 Å². The summed E-state index contributed by atoms with van der Waals surface area (Å²) in [7, 11) is 2.00. The predicted molar refractivity (Wildman–Crippen MR) is 93.2 cm³/mol. The maximum Gasteiger partial charge on any atom is 0.169 e. The molecule has 24 heavy (non-hydrogen) atoms. The molecule has 1 aliphatic rings. The van der Waals surface area contributed by atoms with E-state index in [2.05, 4.69) is 26.6 Å². The van der Waals surface area contributed by atoms with Gasteiger partial charge in [-0.2, -0.15) is 5.26 Å². The summed E-state index contributed by atoms with van der Waals surface area (Å²) in [6.07, 6.45) is 0. The number of ether oxygens (including phenoxy) is 2. The Morgan fingerprint density at radius 3 is 2.79 bits per heavy atom. The van der Waals surface area contributed by atoms with Crippen molar-refractivity contribution < 1.29 is 9.47 Å². The van der Waals surface area contributed by atoms with E-state index in [0.717, 1.165) is 21.3 Å². The number of imidazole rings is 1. The van der Waals surface area contributed by atoms with Gasteiger partial charge in [-0.1, -0.05) is 12.1 Å². The zero-order valence-electron chi connectivity index (χ0n) is 13.0. The summed E-state index contributed by atoms with van der Waals surface area (Å²) < 4.78 is 14.2. The summed E-state index contributed by atoms with van der Waals surface area (Å²) in [6, 6.07) is 13.3. The Kier molecular flexibility index (Phi) is 3.75. The van der Waals surface area contributed by atoms with Crippen LogP contribution in [-0.2, 0) is 11.8 Å². The van der Waals surface area contributed by atoms with Gasteiger partial charge in [0.1, 0.15) is 23.2 Å². The molecule has 1 aromatic heterocycles. The zero-order chi connectivity index (χ0) is 16.7. The number of nitrogens with zero attached hydrogens (tertiary/aromatic N) is 3. The van der Waals surface area contributed by atoms with Crippen LogP contribution < -0.4 is 4.74 Å². The van der Waals surface area contributed by atoms with Crippen LogP contribution in [0.25, 0.3) is 11.0 Å². The average molecular weight is 384 g/mol. The monoisotopic (exact) mass is 383 g/mol. The number of para-hydroxylation sites is 1. The molecule has 3 aromatic rings. The maximum atomic E-state index is 9.26. The van der Waals surface area contributed by atoms with Gasteiger partial charge in [0.05, 0.1) is 34.7 Å².